The average molecular weight is 761 g/mol. The summed E-state index contributed by atoms with van der Waals surface area (Å²) in [6.45, 7) is 0.505. The first kappa shape index (κ1) is 38.6. The van der Waals surface area contributed by atoms with Crippen molar-refractivity contribution in [3.05, 3.63) is 105 Å². The second-order valence-corrected chi connectivity index (χ2v) is 12.9. The molecule has 3 fully saturated rings. The number of anilines is 1. The third-order valence-corrected chi connectivity index (χ3v) is 9.11. The molecule has 0 saturated carbocycles. The molecule has 0 spiro atoms. The Hall–Kier alpha value is -4.11. The summed E-state index contributed by atoms with van der Waals surface area (Å²) in [4.78, 5) is 34.9. The zero-order valence-corrected chi connectivity index (χ0v) is 28.8. The van der Waals surface area contributed by atoms with Gasteiger partial charge in [0.05, 0.1) is 34.4 Å². The summed E-state index contributed by atoms with van der Waals surface area (Å²) in [6, 6.07) is 18.2. The summed E-state index contributed by atoms with van der Waals surface area (Å²) in [5.41, 5.74) is 1.39. The van der Waals surface area contributed by atoms with Gasteiger partial charge < -0.3 is 58.9 Å². The minimum atomic E-state index is -1.76. The Balaban J connectivity index is 1.15. The van der Waals surface area contributed by atoms with Crippen molar-refractivity contribution in [3.63, 3.8) is 0 Å². The molecule has 3 aromatic rings. The lowest BCUT2D eigenvalue weighted by molar-refractivity contribution is -0.386. The largest absolute Gasteiger partial charge is 0.459 e. The van der Waals surface area contributed by atoms with Gasteiger partial charge in [-0.15, -0.1) is 0 Å². The van der Waals surface area contributed by atoms with E-state index in [0.29, 0.717) is 16.8 Å². The number of nitro benzene ring substituents is 1. The second kappa shape index (κ2) is 16.9. The highest BCUT2D eigenvalue weighted by molar-refractivity contribution is 6.33. The molecule has 3 aliphatic heterocycles. The molecule has 1 amide bonds. The number of carbonyl (C=O) groups is 2. The Kier molecular flexibility index (Phi) is 12.3. The number of fused-ring (bicyclic) bond motifs is 1. The van der Waals surface area contributed by atoms with Crippen molar-refractivity contribution >= 4 is 34.9 Å². The normalized spacial score (nSPS) is 31.2. The number of carbonyl (C=O) groups excluding carboxylic acids is 2. The molecule has 5 N–H and O–H groups in total. The van der Waals surface area contributed by atoms with Gasteiger partial charge in [0.1, 0.15) is 55.4 Å². The van der Waals surface area contributed by atoms with Crippen LogP contribution in [-0.2, 0) is 44.6 Å². The summed E-state index contributed by atoms with van der Waals surface area (Å²) in [5, 5.41) is 58.6. The number of benzene rings is 3. The zero-order valence-electron chi connectivity index (χ0n) is 28.0. The zero-order chi connectivity index (χ0) is 37.8. The lowest BCUT2D eigenvalue weighted by Crippen LogP contribution is -2.66. The maximum absolute atomic E-state index is 12.8. The quantitative estimate of drug-likeness (QED) is 0.107. The number of non-ortho nitro benzene ring substituents is 1. The van der Waals surface area contributed by atoms with Crippen LogP contribution < -0.4 is 5.32 Å². The van der Waals surface area contributed by atoms with Crippen molar-refractivity contribution in [1.29, 1.82) is 0 Å². The molecule has 6 rings (SSSR count). The van der Waals surface area contributed by atoms with Crippen LogP contribution in [0.3, 0.4) is 0 Å². The van der Waals surface area contributed by atoms with Gasteiger partial charge >= 0.3 is 5.97 Å². The number of esters is 1. The molecule has 0 aliphatic carbocycles. The summed E-state index contributed by atoms with van der Waals surface area (Å²) >= 11 is 6.17. The molecule has 0 bridgehead atoms. The van der Waals surface area contributed by atoms with Gasteiger partial charge in [-0.3, -0.25) is 14.9 Å². The smallest absolute Gasteiger partial charge is 0.338 e. The van der Waals surface area contributed by atoms with Crippen LogP contribution in [0.2, 0.25) is 5.02 Å². The fourth-order valence-electron chi connectivity index (χ4n) is 6.05. The Labute approximate surface area is 307 Å². The number of hydrogen-bond donors (Lipinski definition) is 5. The van der Waals surface area contributed by atoms with E-state index in [1.54, 1.807) is 36.4 Å². The molecule has 284 valence electrons. The van der Waals surface area contributed by atoms with Crippen LogP contribution in [0.25, 0.3) is 0 Å². The van der Waals surface area contributed by atoms with E-state index in [4.69, 9.17) is 44.8 Å². The van der Waals surface area contributed by atoms with Gasteiger partial charge in [0.2, 0.25) is 5.91 Å². The van der Waals surface area contributed by atoms with Crippen LogP contribution >= 0.6 is 11.6 Å². The Morgan fingerprint density at radius 3 is 2.34 bits per heavy atom. The number of nitrogens with zero attached hydrogens (tertiary/aromatic N) is 1. The van der Waals surface area contributed by atoms with Crippen molar-refractivity contribution in [3.8, 4) is 0 Å². The van der Waals surface area contributed by atoms with Crippen LogP contribution in [-0.4, -0.2) is 112 Å². The molecule has 3 aromatic carbocycles. The first-order valence-corrected chi connectivity index (χ1v) is 16.9. The van der Waals surface area contributed by atoms with E-state index in [9.17, 15) is 40.1 Å². The second-order valence-electron chi connectivity index (χ2n) is 12.5. The van der Waals surface area contributed by atoms with Gasteiger partial charge in [-0.05, 0) is 42.0 Å². The van der Waals surface area contributed by atoms with E-state index in [1.165, 1.54) is 43.3 Å². The van der Waals surface area contributed by atoms with Crippen molar-refractivity contribution in [2.45, 2.75) is 81.2 Å². The molecule has 3 aliphatic rings. The number of aliphatic hydroxyl groups is 4. The molecule has 3 saturated heterocycles. The highest BCUT2D eigenvalue weighted by atomic mass is 35.5. The van der Waals surface area contributed by atoms with Crippen LogP contribution in [0, 0.1) is 10.1 Å². The van der Waals surface area contributed by atoms with Gasteiger partial charge in [-0.25, -0.2) is 4.79 Å². The molecule has 11 atom stereocenters. The van der Waals surface area contributed by atoms with Gasteiger partial charge in [0.25, 0.3) is 5.69 Å². The van der Waals surface area contributed by atoms with Gasteiger partial charge in [0, 0.05) is 24.6 Å². The van der Waals surface area contributed by atoms with E-state index in [1.807, 2.05) is 0 Å². The summed E-state index contributed by atoms with van der Waals surface area (Å²) < 4.78 is 40.8. The van der Waals surface area contributed by atoms with E-state index in [-0.39, 0.29) is 35.4 Å². The maximum atomic E-state index is 12.8. The van der Waals surface area contributed by atoms with E-state index >= 15 is 0 Å². The highest BCUT2D eigenvalue weighted by Gasteiger charge is 2.53. The van der Waals surface area contributed by atoms with E-state index in [0.717, 1.165) is 0 Å². The van der Waals surface area contributed by atoms with Crippen LogP contribution in [0.5, 0.6) is 0 Å². The van der Waals surface area contributed by atoms with E-state index < -0.39 is 85.2 Å². The topological polar surface area (TPSA) is 235 Å². The lowest BCUT2D eigenvalue weighted by Gasteiger charge is -2.48. The maximum Gasteiger partial charge on any atom is 0.338 e. The van der Waals surface area contributed by atoms with E-state index in [2.05, 4.69) is 5.32 Å². The van der Waals surface area contributed by atoms with Crippen LogP contribution in [0.1, 0.15) is 34.7 Å². The number of rotatable bonds is 11. The minimum Gasteiger partial charge on any atom is -0.459 e. The number of nitrogens with one attached hydrogen (secondary N) is 1. The first-order chi connectivity index (χ1) is 25.4. The number of amides is 1. The highest BCUT2D eigenvalue weighted by Crippen LogP contribution is 2.37. The minimum absolute atomic E-state index is 0.136. The summed E-state index contributed by atoms with van der Waals surface area (Å²) in [5.74, 6) is -1.06. The first-order valence-electron chi connectivity index (χ1n) is 16.5. The molecule has 0 aromatic heterocycles. The molecular weight excluding hydrogens is 724 g/mol. The predicted molar refractivity (Wildman–Crippen MR) is 180 cm³/mol. The molecule has 53 heavy (non-hydrogen) atoms. The van der Waals surface area contributed by atoms with Crippen molar-refractivity contribution in [1.82, 2.24) is 0 Å². The molecule has 17 nitrogen and oxygen atoms in total. The predicted octanol–water partition coefficient (Wildman–Crippen LogP) is 1.97. The average Bonchev–Trinajstić information content (AvgIpc) is 3.15. The number of aliphatic hydroxyl groups excluding tert-OH is 4. The lowest BCUT2D eigenvalue weighted by atomic mass is 9.96. The molecular formula is C35H37ClN2O15. The van der Waals surface area contributed by atoms with Gasteiger partial charge in [-0.1, -0.05) is 35.9 Å². The molecule has 3 heterocycles. The van der Waals surface area contributed by atoms with Crippen molar-refractivity contribution < 1.29 is 68.1 Å². The van der Waals surface area contributed by atoms with Crippen LogP contribution in [0.15, 0.2) is 72.8 Å². The fraction of sp³-hybridized carbons (Fsp3) is 0.429. The van der Waals surface area contributed by atoms with Gasteiger partial charge in [0.15, 0.2) is 18.9 Å². The Morgan fingerprint density at radius 1 is 0.925 bits per heavy atom. The standard InChI is InChI=1S/C35H37ClN2O15/c1-17(39)37-23-13-18(7-12-22(23)36)14-48-34-28(42)26(40)31(24(50-34)15-47-32(44)19-5-3-2-4-6-19)53-35-29(43)27(41)30-25(51-35)16-49-33(52-30)20-8-10-21(11-9-20)38(45)46/h2-13,24-31,33-35,40-43H,14-16H2,1H3,(H,37,39)/t24-,25-,26-,27-,28-,29-,30-,31-,33?,34-,35-/m1/s1. The van der Waals surface area contributed by atoms with Crippen molar-refractivity contribution in [2.24, 2.45) is 0 Å². The van der Waals surface area contributed by atoms with Gasteiger partial charge in [-0.2, -0.15) is 0 Å². The summed E-state index contributed by atoms with van der Waals surface area (Å²) in [7, 11) is 0. The number of halogens is 1. The third-order valence-electron chi connectivity index (χ3n) is 8.79. The third kappa shape index (κ3) is 8.99. The van der Waals surface area contributed by atoms with Crippen LogP contribution in [0.4, 0.5) is 11.4 Å². The molecule has 0 radical (unpaired) electrons. The summed E-state index contributed by atoms with van der Waals surface area (Å²) in [6.07, 6.45) is -15.9. The number of ether oxygens (including phenoxy) is 7. The Morgan fingerprint density at radius 2 is 1.64 bits per heavy atom. The SMILES string of the molecule is CC(=O)Nc1cc(CO[C@@H]2O[C@H](COC(=O)c3ccccc3)[C@@H](O[C@H]3O[C@@H]4COC(c5ccc([N+](=O)[O-])cc5)O[C@H]4[C@H](O)[C@H]3O)[C@H](O)[C@H]2O)ccc1Cl. The Bertz CT molecular complexity index is 1750. The molecule has 1 unspecified atom stereocenters. The number of nitro groups is 1. The monoisotopic (exact) mass is 760 g/mol. The molecule has 18 heteroatoms. The number of hydrogen-bond acceptors (Lipinski definition) is 15. The van der Waals surface area contributed by atoms with Crippen molar-refractivity contribution in [2.75, 3.05) is 18.5 Å². The fourth-order valence-corrected chi connectivity index (χ4v) is 6.22.